The zero-order valence-electron chi connectivity index (χ0n) is 15.0. The highest BCUT2D eigenvalue weighted by Gasteiger charge is 2.29. The number of hydrogen-bond donors (Lipinski definition) is 2. The van der Waals surface area contributed by atoms with Gasteiger partial charge in [-0.2, -0.15) is 0 Å². The average Bonchev–Trinajstić information content (AvgIpc) is 3.06. The lowest BCUT2D eigenvalue weighted by atomic mass is 9.94. The molecule has 2 unspecified atom stereocenters. The molecule has 2 atom stereocenters. The number of aliphatic hydroxyl groups excluding tert-OH is 1. The number of amides is 2. The molecular weight excluding hydrogens is 290 g/mol. The van der Waals surface area contributed by atoms with Crippen LogP contribution >= 0.6 is 0 Å². The van der Waals surface area contributed by atoms with Gasteiger partial charge in [-0.1, -0.05) is 13.8 Å². The van der Waals surface area contributed by atoms with Crippen LogP contribution in [0.5, 0.6) is 0 Å². The van der Waals surface area contributed by atoms with Gasteiger partial charge in [-0.05, 0) is 63.5 Å². The molecule has 2 fully saturated rings. The van der Waals surface area contributed by atoms with Crippen molar-refractivity contribution >= 4 is 6.03 Å². The van der Waals surface area contributed by atoms with Crippen LogP contribution in [0.2, 0.25) is 0 Å². The monoisotopic (exact) mass is 325 g/mol. The Kier molecular flexibility index (Phi) is 7.63. The summed E-state index contributed by atoms with van der Waals surface area (Å²) in [5.74, 6) is 0.973. The normalized spacial score (nSPS) is 24.2. The second-order valence-corrected chi connectivity index (χ2v) is 7.68. The molecule has 0 aromatic rings. The fourth-order valence-corrected chi connectivity index (χ4v) is 4.04. The van der Waals surface area contributed by atoms with E-state index in [1.807, 2.05) is 4.90 Å². The Morgan fingerprint density at radius 1 is 1.22 bits per heavy atom. The number of likely N-dealkylation sites (tertiary alicyclic amines) is 2. The summed E-state index contributed by atoms with van der Waals surface area (Å²) in [6.45, 7) is 9.43. The van der Waals surface area contributed by atoms with Crippen molar-refractivity contribution in [3.63, 3.8) is 0 Å². The summed E-state index contributed by atoms with van der Waals surface area (Å²) in [6, 6.07) is 0.640. The van der Waals surface area contributed by atoms with Crippen molar-refractivity contribution in [3.05, 3.63) is 0 Å². The Bertz CT molecular complexity index is 356. The molecular formula is C18H35N3O2. The molecule has 0 aromatic carbocycles. The highest BCUT2D eigenvalue weighted by Crippen LogP contribution is 2.20. The molecule has 0 spiro atoms. The van der Waals surface area contributed by atoms with E-state index in [0.717, 1.165) is 32.4 Å². The molecule has 0 saturated carbocycles. The summed E-state index contributed by atoms with van der Waals surface area (Å²) >= 11 is 0. The number of hydrogen-bond acceptors (Lipinski definition) is 3. The number of nitrogens with zero attached hydrogens (tertiary/aromatic N) is 2. The molecule has 2 N–H and O–H groups in total. The number of urea groups is 1. The van der Waals surface area contributed by atoms with Crippen LogP contribution < -0.4 is 5.32 Å². The summed E-state index contributed by atoms with van der Waals surface area (Å²) in [6.07, 6.45) is 6.78. The van der Waals surface area contributed by atoms with E-state index in [0.29, 0.717) is 24.4 Å². The van der Waals surface area contributed by atoms with E-state index < -0.39 is 0 Å². The third-order valence-electron chi connectivity index (χ3n) is 5.22. The van der Waals surface area contributed by atoms with E-state index >= 15 is 0 Å². The summed E-state index contributed by atoms with van der Waals surface area (Å²) < 4.78 is 0. The molecule has 2 aliphatic rings. The highest BCUT2D eigenvalue weighted by molar-refractivity contribution is 5.74. The van der Waals surface area contributed by atoms with E-state index in [2.05, 4.69) is 24.1 Å². The maximum Gasteiger partial charge on any atom is 0.317 e. The topological polar surface area (TPSA) is 55.8 Å². The summed E-state index contributed by atoms with van der Waals surface area (Å²) in [5.41, 5.74) is 0. The molecule has 0 bridgehead atoms. The van der Waals surface area contributed by atoms with E-state index in [4.69, 9.17) is 0 Å². The van der Waals surface area contributed by atoms with Gasteiger partial charge in [-0.3, -0.25) is 4.90 Å². The van der Waals surface area contributed by atoms with E-state index in [9.17, 15) is 9.90 Å². The lowest BCUT2D eigenvalue weighted by Crippen LogP contribution is -2.52. The number of nitrogens with one attached hydrogen (secondary N) is 1. The van der Waals surface area contributed by atoms with Crippen LogP contribution in [0.15, 0.2) is 0 Å². The van der Waals surface area contributed by atoms with Gasteiger partial charge in [-0.25, -0.2) is 4.79 Å². The first kappa shape index (κ1) is 18.5. The van der Waals surface area contributed by atoms with Crippen LogP contribution in [0, 0.1) is 11.8 Å². The maximum absolute atomic E-state index is 12.5. The van der Waals surface area contributed by atoms with Crippen molar-refractivity contribution in [2.24, 2.45) is 11.8 Å². The maximum atomic E-state index is 12.5. The molecule has 5 nitrogen and oxygen atoms in total. The van der Waals surface area contributed by atoms with Crippen molar-refractivity contribution in [3.8, 4) is 0 Å². The van der Waals surface area contributed by atoms with Gasteiger partial charge in [0.05, 0.1) is 0 Å². The second kappa shape index (κ2) is 9.48. The number of carbonyl (C=O) groups excluding carboxylic acids is 1. The van der Waals surface area contributed by atoms with Crippen LogP contribution in [-0.4, -0.2) is 66.3 Å². The van der Waals surface area contributed by atoms with Gasteiger partial charge in [0, 0.05) is 32.3 Å². The highest BCUT2D eigenvalue weighted by atomic mass is 16.3. The Hall–Kier alpha value is -0.810. The number of piperidine rings is 1. The van der Waals surface area contributed by atoms with Gasteiger partial charge in [-0.15, -0.1) is 0 Å². The fourth-order valence-electron chi connectivity index (χ4n) is 4.04. The SMILES string of the molecule is CC(C)CC(CCO)CNC(=O)N1CCCC(N2CCCC2)C1. The van der Waals surface area contributed by atoms with Crippen LogP contribution in [-0.2, 0) is 0 Å². The zero-order chi connectivity index (χ0) is 16.7. The third-order valence-corrected chi connectivity index (χ3v) is 5.22. The molecule has 2 saturated heterocycles. The number of aliphatic hydroxyl groups is 1. The van der Waals surface area contributed by atoms with Crippen LogP contribution in [0.25, 0.3) is 0 Å². The second-order valence-electron chi connectivity index (χ2n) is 7.68. The Morgan fingerprint density at radius 2 is 1.96 bits per heavy atom. The fraction of sp³-hybridized carbons (Fsp3) is 0.944. The minimum Gasteiger partial charge on any atom is -0.396 e. The lowest BCUT2D eigenvalue weighted by molar-refractivity contribution is 0.124. The van der Waals surface area contributed by atoms with E-state index in [1.165, 1.54) is 32.4 Å². The van der Waals surface area contributed by atoms with Gasteiger partial charge >= 0.3 is 6.03 Å². The van der Waals surface area contributed by atoms with Crippen molar-refractivity contribution in [1.82, 2.24) is 15.1 Å². The first-order valence-electron chi connectivity index (χ1n) is 9.47. The Labute approximate surface area is 141 Å². The molecule has 2 rings (SSSR count). The minimum absolute atomic E-state index is 0.0839. The number of rotatable bonds is 7. The van der Waals surface area contributed by atoms with Crippen LogP contribution in [0.1, 0.15) is 52.4 Å². The molecule has 0 aromatic heterocycles. The molecule has 2 heterocycles. The Morgan fingerprint density at radius 3 is 2.61 bits per heavy atom. The molecule has 2 amide bonds. The summed E-state index contributed by atoms with van der Waals surface area (Å²) in [7, 11) is 0. The van der Waals surface area contributed by atoms with Crippen LogP contribution in [0.3, 0.4) is 0 Å². The van der Waals surface area contributed by atoms with Crippen molar-refractivity contribution < 1.29 is 9.90 Å². The average molecular weight is 325 g/mol. The molecule has 134 valence electrons. The smallest absolute Gasteiger partial charge is 0.317 e. The van der Waals surface area contributed by atoms with Gasteiger partial charge in [0.15, 0.2) is 0 Å². The number of carbonyl (C=O) groups is 1. The van der Waals surface area contributed by atoms with Crippen LogP contribution in [0.4, 0.5) is 4.79 Å². The molecule has 2 aliphatic heterocycles. The predicted molar refractivity (Wildman–Crippen MR) is 93.4 cm³/mol. The van der Waals surface area contributed by atoms with Gasteiger partial charge in [0.25, 0.3) is 0 Å². The van der Waals surface area contributed by atoms with E-state index in [1.54, 1.807) is 0 Å². The van der Waals surface area contributed by atoms with Crippen molar-refractivity contribution in [1.29, 1.82) is 0 Å². The first-order valence-corrected chi connectivity index (χ1v) is 9.47. The van der Waals surface area contributed by atoms with E-state index in [-0.39, 0.29) is 12.6 Å². The summed E-state index contributed by atoms with van der Waals surface area (Å²) in [5, 5.41) is 12.3. The van der Waals surface area contributed by atoms with Gasteiger partial charge in [0.1, 0.15) is 0 Å². The molecule has 5 heteroatoms. The summed E-state index contributed by atoms with van der Waals surface area (Å²) in [4.78, 5) is 17.0. The quantitative estimate of drug-likeness (QED) is 0.755. The molecule has 23 heavy (non-hydrogen) atoms. The minimum atomic E-state index is 0.0839. The zero-order valence-corrected chi connectivity index (χ0v) is 15.0. The standard InChI is InChI=1S/C18H35N3O2/c1-15(2)12-16(7-11-22)13-19-18(23)21-10-5-6-17(14-21)20-8-3-4-9-20/h15-17,22H,3-14H2,1-2H3,(H,19,23). The van der Waals surface area contributed by atoms with Crippen molar-refractivity contribution in [2.45, 2.75) is 58.4 Å². The largest absolute Gasteiger partial charge is 0.396 e. The molecule has 0 aliphatic carbocycles. The Balaban J connectivity index is 1.77. The lowest BCUT2D eigenvalue weighted by Gasteiger charge is -2.37. The third kappa shape index (κ3) is 5.96. The van der Waals surface area contributed by atoms with Gasteiger partial charge in [0.2, 0.25) is 0 Å². The first-order chi connectivity index (χ1) is 11.1. The van der Waals surface area contributed by atoms with Gasteiger partial charge < -0.3 is 15.3 Å². The predicted octanol–water partition coefficient (Wildman–Crippen LogP) is 2.30. The van der Waals surface area contributed by atoms with Crippen molar-refractivity contribution in [2.75, 3.05) is 39.3 Å². The molecule has 0 radical (unpaired) electrons.